The molecule has 0 unspecified atom stereocenters. The van der Waals surface area contributed by atoms with Crippen LogP contribution in [0.25, 0.3) is 0 Å². The fraction of sp³-hybridized carbons (Fsp3) is 1.00. The molecule has 0 aromatic rings. The molecular formula is C8H18O3. The van der Waals surface area contributed by atoms with Gasteiger partial charge in [0.2, 0.25) is 0 Å². The first-order valence-electron chi connectivity index (χ1n) is 3.99. The molecule has 68 valence electrons. The quantitative estimate of drug-likeness (QED) is 0.509. The predicted octanol–water partition coefficient (Wildman–Crippen LogP) is 0.281. The summed E-state index contributed by atoms with van der Waals surface area (Å²) in [5, 5.41) is 27.0. The second-order valence-electron chi connectivity index (χ2n) is 3.39. The van der Waals surface area contributed by atoms with Crippen LogP contribution < -0.4 is 0 Å². The van der Waals surface area contributed by atoms with Crippen LogP contribution in [-0.4, -0.2) is 33.6 Å². The molecule has 0 fully saturated rings. The Labute approximate surface area is 67.7 Å². The Hall–Kier alpha value is -0.120. The summed E-state index contributed by atoms with van der Waals surface area (Å²) in [6.45, 7) is 3.31. The first-order valence-corrected chi connectivity index (χ1v) is 3.99. The summed E-state index contributed by atoms with van der Waals surface area (Å²) in [7, 11) is 0. The lowest BCUT2D eigenvalue weighted by molar-refractivity contribution is -0.0524. The molecule has 0 aliphatic carbocycles. The van der Waals surface area contributed by atoms with Gasteiger partial charge in [0, 0.05) is 6.61 Å². The van der Waals surface area contributed by atoms with E-state index >= 15 is 0 Å². The molecule has 0 saturated carbocycles. The van der Waals surface area contributed by atoms with Gasteiger partial charge in [-0.3, -0.25) is 0 Å². The van der Waals surface area contributed by atoms with Gasteiger partial charge in [-0.2, -0.15) is 0 Å². The fourth-order valence-electron chi connectivity index (χ4n) is 0.803. The number of unbranched alkanes of at least 4 members (excludes halogenated alkanes) is 1. The van der Waals surface area contributed by atoms with Crippen molar-refractivity contribution in [2.24, 2.45) is 0 Å². The van der Waals surface area contributed by atoms with Crippen LogP contribution in [0, 0.1) is 0 Å². The Morgan fingerprint density at radius 2 is 1.82 bits per heavy atom. The number of aliphatic hydroxyl groups is 3. The van der Waals surface area contributed by atoms with Crippen molar-refractivity contribution in [1.82, 2.24) is 0 Å². The molecule has 0 bridgehead atoms. The normalized spacial score (nSPS) is 15.0. The minimum absolute atomic E-state index is 0.151. The average molecular weight is 162 g/mol. The second kappa shape index (κ2) is 4.70. The van der Waals surface area contributed by atoms with Crippen LogP contribution >= 0.6 is 0 Å². The summed E-state index contributed by atoms with van der Waals surface area (Å²) >= 11 is 0. The Bertz CT molecular complexity index is 96.0. The van der Waals surface area contributed by atoms with E-state index in [2.05, 4.69) is 0 Å². The maximum Gasteiger partial charge on any atom is 0.0849 e. The Balaban J connectivity index is 3.44. The second-order valence-corrected chi connectivity index (χ2v) is 3.39. The zero-order valence-corrected chi connectivity index (χ0v) is 7.25. The molecule has 0 aromatic carbocycles. The van der Waals surface area contributed by atoms with E-state index in [1.165, 1.54) is 0 Å². The van der Waals surface area contributed by atoms with E-state index in [1.807, 2.05) is 0 Å². The molecule has 3 N–H and O–H groups in total. The first kappa shape index (κ1) is 10.9. The highest BCUT2D eigenvalue weighted by atomic mass is 16.3. The van der Waals surface area contributed by atoms with Crippen molar-refractivity contribution >= 4 is 0 Å². The van der Waals surface area contributed by atoms with Crippen LogP contribution in [0.1, 0.15) is 33.1 Å². The molecule has 3 heteroatoms. The van der Waals surface area contributed by atoms with Crippen LogP contribution in [0.2, 0.25) is 0 Å². The highest BCUT2D eigenvalue weighted by Gasteiger charge is 2.23. The van der Waals surface area contributed by atoms with Gasteiger partial charge in [0.05, 0.1) is 11.7 Å². The van der Waals surface area contributed by atoms with Crippen molar-refractivity contribution in [3.8, 4) is 0 Å². The monoisotopic (exact) mass is 162 g/mol. The Morgan fingerprint density at radius 1 is 1.27 bits per heavy atom. The van der Waals surface area contributed by atoms with Crippen LogP contribution in [0.5, 0.6) is 0 Å². The zero-order chi connectivity index (χ0) is 8.91. The van der Waals surface area contributed by atoms with Gasteiger partial charge < -0.3 is 15.3 Å². The predicted molar refractivity (Wildman–Crippen MR) is 43.2 cm³/mol. The smallest absolute Gasteiger partial charge is 0.0849 e. The summed E-state index contributed by atoms with van der Waals surface area (Å²) in [6.07, 6.45) is 1.30. The van der Waals surface area contributed by atoms with Crippen LogP contribution in [-0.2, 0) is 0 Å². The van der Waals surface area contributed by atoms with Crippen molar-refractivity contribution in [3.05, 3.63) is 0 Å². The summed E-state index contributed by atoms with van der Waals surface area (Å²) in [6, 6.07) is 0. The lowest BCUT2D eigenvalue weighted by Crippen LogP contribution is -2.35. The summed E-state index contributed by atoms with van der Waals surface area (Å²) in [5.41, 5.74) is -1.02. The first-order chi connectivity index (χ1) is 4.98. The van der Waals surface area contributed by atoms with E-state index in [0.717, 1.165) is 6.42 Å². The van der Waals surface area contributed by atoms with Gasteiger partial charge >= 0.3 is 0 Å². The van der Waals surface area contributed by atoms with Crippen molar-refractivity contribution in [3.63, 3.8) is 0 Å². The maximum atomic E-state index is 9.28. The molecule has 0 aliphatic heterocycles. The molecule has 3 nitrogen and oxygen atoms in total. The minimum Gasteiger partial charge on any atom is -0.396 e. The molecule has 0 rings (SSSR count). The average Bonchev–Trinajstić information content (AvgIpc) is 1.86. The number of rotatable bonds is 5. The van der Waals surface area contributed by atoms with Gasteiger partial charge in [-0.05, 0) is 33.1 Å². The molecule has 0 saturated heterocycles. The number of hydrogen-bond donors (Lipinski definition) is 3. The zero-order valence-electron chi connectivity index (χ0n) is 7.25. The lowest BCUT2D eigenvalue weighted by atomic mass is 9.97. The van der Waals surface area contributed by atoms with E-state index in [-0.39, 0.29) is 6.61 Å². The summed E-state index contributed by atoms with van der Waals surface area (Å²) in [5.74, 6) is 0. The van der Waals surface area contributed by atoms with Gasteiger partial charge in [-0.25, -0.2) is 0 Å². The van der Waals surface area contributed by atoms with E-state index in [1.54, 1.807) is 13.8 Å². The van der Waals surface area contributed by atoms with Gasteiger partial charge in [0.1, 0.15) is 0 Å². The summed E-state index contributed by atoms with van der Waals surface area (Å²) < 4.78 is 0. The molecule has 0 aliphatic rings. The molecule has 0 radical (unpaired) electrons. The molecule has 1 atom stereocenters. The van der Waals surface area contributed by atoms with Gasteiger partial charge in [-0.15, -0.1) is 0 Å². The highest BCUT2D eigenvalue weighted by Crippen LogP contribution is 2.13. The van der Waals surface area contributed by atoms with E-state index < -0.39 is 11.7 Å². The molecule has 0 aromatic heterocycles. The minimum atomic E-state index is -1.02. The topological polar surface area (TPSA) is 60.7 Å². The van der Waals surface area contributed by atoms with Crippen molar-refractivity contribution < 1.29 is 15.3 Å². The molecule has 0 spiro atoms. The Kier molecular flexibility index (Phi) is 4.65. The number of hydrogen-bond acceptors (Lipinski definition) is 3. The molecular weight excluding hydrogens is 144 g/mol. The molecule has 11 heavy (non-hydrogen) atoms. The lowest BCUT2D eigenvalue weighted by Gasteiger charge is -2.24. The fourth-order valence-corrected chi connectivity index (χ4v) is 0.803. The standard InChI is InChI=1S/C8H18O3/c1-8(2,11)7(10)5-3-4-6-9/h7,9-11H,3-6H2,1-2H3/t7-/m0/s1. The number of aliphatic hydroxyl groups excluding tert-OH is 2. The molecule has 0 heterocycles. The van der Waals surface area contributed by atoms with Crippen LogP contribution in [0.3, 0.4) is 0 Å². The van der Waals surface area contributed by atoms with Gasteiger partial charge in [-0.1, -0.05) is 0 Å². The maximum absolute atomic E-state index is 9.28. The van der Waals surface area contributed by atoms with Crippen LogP contribution in [0.4, 0.5) is 0 Å². The van der Waals surface area contributed by atoms with E-state index in [4.69, 9.17) is 5.11 Å². The van der Waals surface area contributed by atoms with Crippen molar-refractivity contribution in [2.45, 2.75) is 44.8 Å². The third kappa shape index (κ3) is 5.18. The van der Waals surface area contributed by atoms with E-state index in [9.17, 15) is 10.2 Å². The summed E-state index contributed by atoms with van der Waals surface area (Å²) in [4.78, 5) is 0. The largest absolute Gasteiger partial charge is 0.396 e. The van der Waals surface area contributed by atoms with Crippen molar-refractivity contribution in [2.75, 3.05) is 6.61 Å². The SMILES string of the molecule is CC(C)(O)[C@@H](O)CCCCO. The third-order valence-electron chi connectivity index (χ3n) is 1.70. The van der Waals surface area contributed by atoms with Crippen LogP contribution in [0.15, 0.2) is 0 Å². The van der Waals surface area contributed by atoms with Gasteiger partial charge in [0.25, 0.3) is 0 Å². The molecule has 0 amide bonds. The third-order valence-corrected chi connectivity index (χ3v) is 1.70. The van der Waals surface area contributed by atoms with Crippen molar-refractivity contribution in [1.29, 1.82) is 0 Å². The highest BCUT2D eigenvalue weighted by molar-refractivity contribution is 4.75. The Morgan fingerprint density at radius 3 is 2.18 bits per heavy atom. The van der Waals surface area contributed by atoms with E-state index in [0.29, 0.717) is 12.8 Å². The van der Waals surface area contributed by atoms with Gasteiger partial charge in [0.15, 0.2) is 0 Å².